The SMILES string of the molecule is CCN(CCO)C1c2ccccc2-c2ccccc21. The van der Waals surface area contributed by atoms with Crippen LogP contribution in [0.1, 0.15) is 24.1 Å². The summed E-state index contributed by atoms with van der Waals surface area (Å²) in [4.78, 5) is 2.34. The minimum absolute atomic E-state index is 0.203. The number of nitrogens with zero attached hydrogens (tertiary/aromatic N) is 1. The zero-order chi connectivity index (χ0) is 13.2. The van der Waals surface area contributed by atoms with Gasteiger partial charge in [0.05, 0.1) is 12.6 Å². The zero-order valence-corrected chi connectivity index (χ0v) is 11.2. The minimum Gasteiger partial charge on any atom is -0.395 e. The maximum Gasteiger partial charge on any atom is 0.0614 e. The fraction of sp³-hybridized carbons (Fsp3) is 0.294. The molecule has 2 aromatic carbocycles. The summed E-state index contributed by atoms with van der Waals surface area (Å²) in [5, 5.41) is 9.28. The summed E-state index contributed by atoms with van der Waals surface area (Å²) >= 11 is 0. The van der Waals surface area contributed by atoms with Crippen LogP contribution in [-0.4, -0.2) is 29.7 Å². The van der Waals surface area contributed by atoms with E-state index in [0.29, 0.717) is 6.54 Å². The van der Waals surface area contributed by atoms with E-state index < -0.39 is 0 Å². The average Bonchev–Trinajstić information content (AvgIpc) is 2.80. The van der Waals surface area contributed by atoms with Crippen molar-refractivity contribution in [2.24, 2.45) is 0 Å². The summed E-state index contributed by atoms with van der Waals surface area (Å²) in [6.07, 6.45) is 0. The van der Waals surface area contributed by atoms with E-state index in [1.165, 1.54) is 22.3 Å². The zero-order valence-electron chi connectivity index (χ0n) is 11.2. The average molecular weight is 253 g/mol. The minimum atomic E-state index is 0.203. The lowest BCUT2D eigenvalue weighted by Crippen LogP contribution is -2.31. The third-order valence-electron chi connectivity index (χ3n) is 3.96. The summed E-state index contributed by atoms with van der Waals surface area (Å²) in [6.45, 7) is 4.01. The molecule has 0 aliphatic heterocycles. The van der Waals surface area contributed by atoms with Crippen LogP contribution in [0.5, 0.6) is 0 Å². The lowest BCUT2D eigenvalue weighted by molar-refractivity contribution is 0.176. The van der Waals surface area contributed by atoms with Crippen LogP contribution < -0.4 is 0 Å². The van der Waals surface area contributed by atoms with Crippen LogP contribution >= 0.6 is 0 Å². The van der Waals surface area contributed by atoms with Crippen molar-refractivity contribution in [3.05, 3.63) is 59.7 Å². The lowest BCUT2D eigenvalue weighted by atomic mass is 10.0. The molecule has 0 heterocycles. The maximum atomic E-state index is 9.28. The fourth-order valence-electron chi connectivity index (χ4n) is 3.12. The predicted octanol–water partition coefficient (Wildman–Crippen LogP) is 3.07. The van der Waals surface area contributed by atoms with Crippen LogP contribution in [0.2, 0.25) is 0 Å². The van der Waals surface area contributed by atoms with Crippen LogP contribution in [0.15, 0.2) is 48.5 Å². The van der Waals surface area contributed by atoms with Crippen LogP contribution in [0.25, 0.3) is 11.1 Å². The molecule has 0 saturated heterocycles. The van der Waals surface area contributed by atoms with Crippen molar-refractivity contribution in [1.82, 2.24) is 4.90 Å². The highest BCUT2D eigenvalue weighted by Crippen LogP contribution is 2.45. The summed E-state index contributed by atoms with van der Waals surface area (Å²) in [6, 6.07) is 17.5. The Balaban J connectivity index is 2.14. The standard InChI is InChI=1S/C17H19NO/c1-2-18(11-12-19)17-15-9-5-3-7-13(15)14-8-4-6-10-16(14)17/h3-10,17,19H,2,11-12H2,1H3. The van der Waals surface area contributed by atoms with Gasteiger partial charge in [-0.1, -0.05) is 55.5 Å². The first-order chi connectivity index (χ1) is 9.36. The lowest BCUT2D eigenvalue weighted by Gasteiger charge is -2.28. The summed E-state index contributed by atoms with van der Waals surface area (Å²) in [7, 11) is 0. The number of aliphatic hydroxyl groups excluding tert-OH is 1. The van der Waals surface area contributed by atoms with Gasteiger partial charge in [0, 0.05) is 6.54 Å². The second-order valence-corrected chi connectivity index (χ2v) is 4.93. The molecule has 0 saturated carbocycles. The van der Waals surface area contributed by atoms with E-state index in [1.54, 1.807) is 0 Å². The highest BCUT2D eigenvalue weighted by molar-refractivity contribution is 5.78. The summed E-state index contributed by atoms with van der Waals surface area (Å²) in [5.74, 6) is 0. The van der Waals surface area contributed by atoms with Gasteiger partial charge in [0.2, 0.25) is 0 Å². The second kappa shape index (κ2) is 5.16. The van der Waals surface area contributed by atoms with E-state index in [4.69, 9.17) is 0 Å². The van der Waals surface area contributed by atoms with E-state index in [1.807, 2.05) is 0 Å². The van der Waals surface area contributed by atoms with Crippen molar-refractivity contribution in [3.63, 3.8) is 0 Å². The largest absolute Gasteiger partial charge is 0.395 e. The van der Waals surface area contributed by atoms with Crippen molar-refractivity contribution < 1.29 is 5.11 Å². The Hall–Kier alpha value is -1.64. The number of hydrogen-bond donors (Lipinski definition) is 1. The van der Waals surface area contributed by atoms with Crippen molar-refractivity contribution >= 4 is 0 Å². The quantitative estimate of drug-likeness (QED) is 0.905. The number of aliphatic hydroxyl groups is 1. The number of hydrogen-bond acceptors (Lipinski definition) is 2. The molecule has 98 valence electrons. The normalized spacial score (nSPS) is 13.6. The molecule has 2 aromatic rings. The first-order valence-corrected chi connectivity index (χ1v) is 6.90. The Morgan fingerprint density at radius 2 is 1.47 bits per heavy atom. The Morgan fingerprint density at radius 3 is 1.95 bits per heavy atom. The Morgan fingerprint density at radius 1 is 0.947 bits per heavy atom. The van der Waals surface area contributed by atoms with Gasteiger partial charge in [-0.3, -0.25) is 4.90 Å². The van der Waals surface area contributed by atoms with E-state index in [-0.39, 0.29) is 12.6 Å². The van der Waals surface area contributed by atoms with Crippen molar-refractivity contribution in [2.75, 3.05) is 19.7 Å². The maximum absolute atomic E-state index is 9.28. The van der Waals surface area contributed by atoms with Crippen LogP contribution in [-0.2, 0) is 0 Å². The molecule has 19 heavy (non-hydrogen) atoms. The van der Waals surface area contributed by atoms with Crippen LogP contribution in [0.4, 0.5) is 0 Å². The molecule has 0 unspecified atom stereocenters. The number of likely N-dealkylation sites (N-methyl/N-ethyl adjacent to an activating group) is 1. The van der Waals surface area contributed by atoms with Crippen molar-refractivity contribution in [3.8, 4) is 11.1 Å². The molecule has 0 spiro atoms. The highest BCUT2D eigenvalue weighted by atomic mass is 16.3. The van der Waals surface area contributed by atoms with Crippen LogP contribution in [0.3, 0.4) is 0 Å². The molecule has 0 radical (unpaired) electrons. The van der Waals surface area contributed by atoms with Gasteiger partial charge < -0.3 is 5.11 Å². The van der Waals surface area contributed by atoms with Crippen molar-refractivity contribution in [2.45, 2.75) is 13.0 Å². The molecule has 0 bridgehead atoms. The van der Waals surface area contributed by atoms with Gasteiger partial charge in [0.15, 0.2) is 0 Å². The van der Waals surface area contributed by atoms with Crippen molar-refractivity contribution in [1.29, 1.82) is 0 Å². The second-order valence-electron chi connectivity index (χ2n) is 4.93. The molecule has 1 aliphatic carbocycles. The van der Waals surface area contributed by atoms with Gasteiger partial charge in [0.25, 0.3) is 0 Å². The van der Waals surface area contributed by atoms with Gasteiger partial charge in [-0.25, -0.2) is 0 Å². The molecule has 0 fully saturated rings. The van der Waals surface area contributed by atoms with E-state index in [2.05, 4.69) is 60.4 Å². The molecule has 3 rings (SSSR count). The number of rotatable bonds is 4. The van der Waals surface area contributed by atoms with Gasteiger partial charge in [-0.05, 0) is 28.8 Å². The first-order valence-electron chi connectivity index (χ1n) is 6.90. The Kier molecular flexibility index (Phi) is 3.36. The van der Waals surface area contributed by atoms with Gasteiger partial charge in [-0.2, -0.15) is 0 Å². The smallest absolute Gasteiger partial charge is 0.0614 e. The molecule has 1 aliphatic rings. The monoisotopic (exact) mass is 253 g/mol. The molecule has 0 atom stereocenters. The first kappa shape index (κ1) is 12.4. The van der Waals surface area contributed by atoms with Crippen LogP contribution in [0, 0.1) is 0 Å². The van der Waals surface area contributed by atoms with Gasteiger partial charge in [0.1, 0.15) is 0 Å². The highest BCUT2D eigenvalue weighted by Gasteiger charge is 2.31. The fourth-order valence-corrected chi connectivity index (χ4v) is 3.12. The molecular weight excluding hydrogens is 234 g/mol. The Bertz CT molecular complexity index is 533. The number of benzene rings is 2. The Labute approximate surface area is 114 Å². The summed E-state index contributed by atoms with van der Waals surface area (Å²) < 4.78 is 0. The molecule has 0 aromatic heterocycles. The topological polar surface area (TPSA) is 23.5 Å². The third-order valence-corrected chi connectivity index (χ3v) is 3.96. The number of fused-ring (bicyclic) bond motifs is 3. The molecule has 2 heteroatoms. The van der Waals surface area contributed by atoms with Gasteiger partial charge in [-0.15, -0.1) is 0 Å². The molecule has 1 N–H and O–H groups in total. The predicted molar refractivity (Wildman–Crippen MR) is 78.1 cm³/mol. The molecule has 2 nitrogen and oxygen atoms in total. The molecule has 0 amide bonds. The van der Waals surface area contributed by atoms with E-state index in [0.717, 1.165) is 6.54 Å². The summed E-state index contributed by atoms with van der Waals surface area (Å²) in [5.41, 5.74) is 5.39. The van der Waals surface area contributed by atoms with E-state index in [9.17, 15) is 5.11 Å². The van der Waals surface area contributed by atoms with Gasteiger partial charge >= 0.3 is 0 Å². The molecular formula is C17H19NO. The van der Waals surface area contributed by atoms with E-state index >= 15 is 0 Å². The third kappa shape index (κ3) is 1.97.